The molecular weight excluding hydrogens is 531 g/mol. The van der Waals surface area contributed by atoms with Gasteiger partial charge in [0, 0.05) is 29.4 Å². The van der Waals surface area contributed by atoms with Crippen molar-refractivity contribution < 1.29 is 26.3 Å². The van der Waals surface area contributed by atoms with Crippen LogP contribution in [0.3, 0.4) is 0 Å². The maximum absolute atomic E-state index is 15.3. The summed E-state index contributed by atoms with van der Waals surface area (Å²) in [6.07, 6.45) is 1.78. The highest BCUT2D eigenvalue weighted by Crippen LogP contribution is 2.43. The van der Waals surface area contributed by atoms with Crippen LogP contribution in [0.5, 0.6) is 5.75 Å². The van der Waals surface area contributed by atoms with Crippen molar-refractivity contribution in [2.45, 2.75) is 59.2 Å². The molecule has 0 bridgehead atoms. The molecule has 0 radical (unpaired) electrons. The number of sulfonamides is 1. The lowest BCUT2D eigenvalue weighted by Gasteiger charge is -2.44. The molecule has 0 saturated heterocycles. The molecule has 0 amide bonds. The third-order valence-corrected chi connectivity index (χ3v) is 6.86. The number of ether oxygens (including phenoxy) is 1. The first-order valence-corrected chi connectivity index (χ1v) is 14.2. The summed E-state index contributed by atoms with van der Waals surface area (Å²) >= 11 is 0. The van der Waals surface area contributed by atoms with Gasteiger partial charge in [-0.15, -0.1) is 0 Å². The van der Waals surface area contributed by atoms with Crippen molar-refractivity contribution in [2.24, 2.45) is 9.98 Å². The van der Waals surface area contributed by atoms with Gasteiger partial charge in [-0.3, -0.25) is 0 Å². The number of hydrogen-bond donors (Lipinski definition) is 2. The molecule has 2 N–H and O–H groups in total. The van der Waals surface area contributed by atoms with Gasteiger partial charge in [0.05, 0.1) is 18.5 Å². The molecule has 0 aromatic heterocycles. The lowest BCUT2D eigenvalue weighted by molar-refractivity contribution is 0.0959. The number of hydrogen-bond acceptors (Lipinski definition) is 5. The summed E-state index contributed by atoms with van der Waals surface area (Å²) in [6, 6.07) is 6.84. The normalized spacial score (nSPS) is 16.6. The Morgan fingerprint density at radius 1 is 1.23 bits per heavy atom. The molecule has 1 heterocycles. The van der Waals surface area contributed by atoms with Crippen LogP contribution < -0.4 is 19.7 Å². The minimum Gasteiger partial charge on any atom is -0.481 e. The summed E-state index contributed by atoms with van der Waals surface area (Å²) in [5, 5.41) is 2.76. The fourth-order valence-electron chi connectivity index (χ4n) is 4.10. The van der Waals surface area contributed by atoms with E-state index in [1.807, 2.05) is 32.6 Å². The number of aliphatic imine (C=N–C) groups is 2. The summed E-state index contributed by atoms with van der Waals surface area (Å²) < 4.78 is 75.4. The Morgan fingerprint density at radius 3 is 2.49 bits per heavy atom. The number of fused-ring (bicyclic) bond motifs is 1. The molecule has 3 rings (SSSR count). The molecule has 0 fully saturated rings. The SMILES string of the molecule is C=NC(=N/C(=C(\C)F)c1cc(F)c2c(c1)N(C(C)CC)CC(C)(C)O2)Nc1ccc(CNS(C)(=O)=O)c(F)c1. The zero-order valence-electron chi connectivity index (χ0n) is 22.9. The monoisotopic (exact) mass is 565 g/mol. The maximum Gasteiger partial charge on any atom is 0.227 e. The molecule has 0 aliphatic carbocycles. The van der Waals surface area contributed by atoms with E-state index in [1.165, 1.54) is 19.1 Å². The van der Waals surface area contributed by atoms with Crippen LogP contribution in [0.1, 0.15) is 52.2 Å². The first kappa shape index (κ1) is 30.2. The van der Waals surface area contributed by atoms with Gasteiger partial charge in [0.2, 0.25) is 16.0 Å². The molecular formula is C27H34F3N5O3S. The van der Waals surface area contributed by atoms with Gasteiger partial charge in [-0.2, -0.15) is 0 Å². The summed E-state index contributed by atoms with van der Waals surface area (Å²) in [4.78, 5) is 10.0. The van der Waals surface area contributed by atoms with E-state index in [0.717, 1.165) is 24.8 Å². The molecule has 39 heavy (non-hydrogen) atoms. The highest BCUT2D eigenvalue weighted by atomic mass is 32.2. The molecule has 1 unspecified atom stereocenters. The Hall–Kier alpha value is -3.38. The summed E-state index contributed by atoms with van der Waals surface area (Å²) in [5.41, 5.74) is 0.189. The van der Waals surface area contributed by atoms with Crippen LogP contribution in [0, 0.1) is 11.6 Å². The van der Waals surface area contributed by atoms with Crippen molar-refractivity contribution in [3.05, 3.63) is 58.9 Å². The molecule has 0 saturated carbocycles. The maximum atomic E-state index is 15.3. The number of anilines is 2. The second-order valence-electron chi connectivity index (χ2n) is 10.1. The molecule has 12 heteroatoms. The van der Waals surface area contributed by atoms with E-state index < -0.39 is 33.1 Å². The minimum atomic E-state index is -3.50. The van der Waals surface area contributed by atoms with Crippen LogP contribution in [-0.4, -0.2) is 45.5 Å². The van der Waals surface area contributed by atoms with Crippen LogP contribution in [0.15, 0.2) is 46.1 Å². The van der Waals surface area contributed by atoms with Gasteiger partial charge < -0.3 is 15.0 Å². The number of rotatable bonds is 8. The third-order valence-electron chi connectivity index (χ3n) is 6.19. The molecule has 212 valence electrons. The van der Waals surface area contributed by atoms with E-state index in [9.17, 15) is 17.2 Å². The first-order chi connectivity index (χ1) is 18.1. The van der Waals surface area contributed by atoms with Gasteiger partial charge in [-0.1, -0.05) is 13.0 Å². The predicted octanol–water partition coefficient (Wildman–Crippen LogP) is 5.62. The predicted molar refractivity (Wildman–Crippen MR) is 151 cm³/mol. The van der Waals surface area contributed by atoms with Gasteiger partial charge in [-0.25, -0.2) is 36.3 Å². The van der Waals surface area contributed by atoms with Crippen molar-refractivity contribution in [1.29, 1.82) is 0 Å². The topological polar surface area (TPSA) is 95.4 Å². The Bertz CT molecular complexity index is 1420. The van der Waals surface area contributed by atoms with Crippen LogP contribution >= 0.6 is 0 Å². The van der Waals surface area contributed by atoms with E-state index in [0.29, 0.717) is 12.2 Å². The Kier molecular flexibility index (Phi) is 9.12. The molecule has 1 atom stereocenters. The largest absolute Gasteiger partial charge is 0.481 e. The van der Waals surface area contributed by atoms with E-state index in [4.69, 9.17) is 4.74 Å². The van der Waals surface area contributed by atoms with Crippen LogP contribution in [0.25, 0.3) is 5.70 Å². The molecule has 1 aliphatic heterocycles. The average molecular weight is 566 g/mol. The molecule has 2 aromatic rings. The standard InChI is InChI=1S/C27H34F3N5O3S/c1-8-16(2)35-15-27(4,5)38-25-22(30)11-19(12-23(25)35)24(17(3)28)34-26(31-6)33-20-10-9-18(21(29)13-20)14-32-39(7,36)37/h9-13,16,32H,6,8,14-15H2,1-5,7H3,(H,33,34)/b24-17+. The second kappa shape index (κ2) is 11.8. The lowest BCUT2D eigenvalue weighted by atomic mass is 10.00. The number of nitrogens with one attached hydrogen (secondary N) is 2. The highest BCUT2D eigenvalue weighted by molar-refractivity contribution is 7.88. The van der Waals surface area contributed by atoms with Gasteiger partial charge in [-0.05, 0) is 65.1 Å². The first-order valence-electron chi connectivity index (χ1n) is 12.4. The van der Waals surface area contributed by atoms with E-state index in [1.54, 1.807) is 6.07 Å². The number of benzene rings is 2. The van der Waals surface area contributed by atoms with Crippen LogP contribution in [-0.2, 0) is 16.6 Å². The van der Waals surface area contributed by atoms with E-state index >= 15 is 4.39 Å². The summed E-state index contributed by atoms with van der Waals surface area (Å²) in [7, 11) is -3.50. The molecule has 0 spiro atoms. The minimum absolute atomic E-state index is 0.0709. The Morgan fingerprint density at radius 2 is 1.92 bits per heavy atom. The van der Waals surface area contributed by atoms with E-state index in [2.05, 4.69) is 26.7 Å². The van der Waals surface area contributed by atoms with Crippen molar-refractivity contribution in [2.75, 3.05) is 23.0 Å². The fraction of sp³-hybridized carbons (Fsp3) is 0.407. The number of nitrogens with zero attached hydrogens (tertiary/aromatic N) is 3. The quantitative estimate of drug-likeness (QED) is 0.320. The van der Waals surface area contributed by atoms with Crippen molar-refractivity contribution in [3.8, 4) is 5.75 Å². The van der Waals surface area contributed by atoms with Gasteiger partial charge in [0.15, 0.2) is 11.6 Å². The molecule has 8 nitrogen and oxygen atoms in total. The zero-order chi connectivity index (χ0) is 29.1. The number of halogens is 3. The fourth-order valence-corrected chi connectivity index (χ4v) is 4.52. The van der Waals surface area contributed by atoms with Gasteiger partial charge >= 0.3 is 0 Å². The van der Waals surface area contributed by atoms with Crippen molar-refractivity contribution in [1.82, 2.24) is 4.72 Å². The highest BCUT2D eigenvalue weighted by Gasteiger charge is 2.36. The third kappa shape index (κ3) is 7.60. The smallest absolute Gasteiger partial charge is 0.227 e. The zero-order valence-corrected chi connectivity index (χ0v) is 23.7. The van der Waals surface area contributed by atoms with Gasteiger partial charge in [0.25, 0.3) is 0 Å². The number of guanidine groups is 1. The summed E-state index contributed by atoms with van der Waals surface area (Å²) in [6.45, 7) is 12.7. The van der Waals surface area contributed by atoms with Gasteiger partial charge in [0.1, 0.15) is 22.9 Å². The Labute approximate surface area is 227 Å². The second-order valence-corrected chi connectivity index (χ2v) is 11.9. The van der Waals surface area contributed by atoms with Crippen molar-refractivity contribution >= 4 is 39.8 Å². The van der Waals surface area contributed by atoms with E-state index in [-0.39, 0.29) is 46.8 Å². The molecule has 1 aliphatic rings. The summed E-state index contributed by atoms with van der Waals surface area (Å²) in [5.74, 6) is -2.09. The lowest BCUT2D eigenvalue weighted by Crippen LogP contribution is -2.50. The Balaban J connectivity index is 1.97. The number of allylic oxidation sites excluding steroid dienone is 1. The molecule has 2 aromatic carbocycles. The van der Waals surface area contributed by atoms with Crippen molar-refractivity contribution in [3.63, 3.8) is 0 Å². The van der Waals surface area contributed by atoms with Crippen LogP contribution in [0.4, 0.5) is 24.5 Å². The average Bonchev–Trinajstić information content (AvgIpc) is 2.84. The van der Waals surface area contributed by atoms with Crippen LogP contribution in [0.2, 0.25) is 0 Å².